The molecule has 22 heavy (non-hydrogen) atoms. The molecule has 2 aromatic rings. The first kappa shape index (κ1) is 15.4. The molecule has 0 aromatic heterocycles. The van der Waals surface area contributed by atoms with E-state index >= 15 is 0 Å². The molecule has 114 valence electrons. The van der Waals surface area contributed by atoms with E-state index in [4.69, 9.17) is 9.47 Å². The summed E-state index contributed by atoms with van der Waals surface area (Å²) in [6, 6.07) is 5.69. The van der Waals surface area contributed by atoms with E-state index in [-0.39, 0.29) is 11.5 Å². The topological polar surface area (TPSA) is 78.7 Å². The molecule has 0 unspecified atom stereocenters. The summed E-state index contributed by atoms with van der Waals surface area (Å²) in [7, 11) is 1.32. The minimum absolute atomic E-state index is 0.197. The molecule has 0 aliphatic carbocycles. The minimum Gasteiger partial charge on any atom is -0.496 e. The predicted octanol–water partition coefficient (Wildman–Crippen LogP) is 3.10. The standard InChI is InChI=1S/C14H9F2NO5/c1-21-11-2-3-13(12(7-11)17(19)20)22-14(18)8-4-9(15)6-10(16)5-8/h2-7H,1H3. The van der Waals surface area contributed by atoms with Crippen LogP contribution in [0.15, 0.2) is 36.4 Å². The van der Waals surface area contributed by atoms with Gasteiger partial charge in [0.25, 0.3) is 0 Å². The lowest BCUT2D eigenvalue weighted by Gasteiger charge is -2.07. The van der Waals surface area contributed by atoms with E-state index < -0.39 is 33.8 Å². The zero-order chi connectivity index (χ0) is 16.3. The van der Waals surface area contributed by atoms with Gasteiger partial charge < -0.3 is 9.47 Å². The molecule has 0 bridgehead atoms. The third-order valence-corrected chi connectivity index (χ3v) is 2.66. The van der Waals surface area contributed by atoms with Gasteiger partial charge in [-0.3, -0.25) is 10.1 Å². The fraction of sp³-hybridized carbons (Fsp3) is 0.0714. The SMILES string of the molecule is COc1ccc(OC(=O)c2cc(F)cc(F)c2)c([N+](=O)[O-])c1. The lowest BCUT2D eigenvalue weighted by Crippen LogP contribution is -2.10. The zero-order valence-electron chi connectivity index (χ0n) is 11.2. The van der Waals surface area contributed by atoms with Gasteiger partial charge in [-0.05, 0) is 24.3 Å². The van der Waals surface area contributed by atoms with Crippen LogP contribution in [0.5, 0.6) is 11.5 Å². The lowest BCUT2D eigenvalue weighted by atomic mass is 10.2. The Labute approximate surface area is 123 Å². The van der Waals surface area contributed by atoms with Crippen molar-refractivity contribution in [3.63, 3.8) is 0 Å². The molecule has 0 saturated carbocycles. The highest BCUT2D eigenvalue weighted by atomic mass is 19.1. The third kappa shape index (κ3) is 3.35. The molecule has 0 heterocycles. The second-order valence-electron chi connectivity index (χ2n) is 4.14. The van der Waals surface area contributed by atoms with Gasteiger partial charge in [-0.15, -0.1) is 0 Å². The minimum atomic E-state index is -1.12. The van der Waals surface area contributed by atoms with E-state index in [1.807, 2.05) is 0 Å². The van der Waals surface area contributed by atoms with Crippen molar-refractivity contribution < 1.29 is 28.0 Å². The van der Waals surface area contributed by atoms with Crippen molar-refractivity contribution in [1.82, 2.24) is 0 Å². The Morgan fingerprint density at radius 2 is 1.77 bits per heavy atom. The van der Waals surface area contributed by atoms with Gasteiger partial charge in [0.15, 0.2) is 0 Å². The maximum atomic E-state index is 13.1. The summed E-state index contributed by atoms with van der Waals surface area (Å²) in [5.41, 5.74) is -0.910. The van der Waals surface area contributed by atoms with Crippen molar-refractivity contribution >= 4 is 11.7 Å². The summed E-state index contributed by atoms with van der Waals surface area (Å²) in [4.78, 5) is 22.0. The average Bonchev–Trinajstić information content (AvgIpc) is 2.46. The number of carbonyl (C=O) groups is 1. The first-order valence-corrected chi connectivity index (χ1v) is 5.91. The van der Waals surface area contributed by atoms with Gasteiger partial charge in [-0.2, -0.15) is 0 Å². The molecule has 2 aromatic carbocycles. The molecule has 6 nitrogen and oxygen atoms in total. The molecule has 0 spiro atoms. The van der Waals surface area contributed by atoms with Gasteiger partial charge in [0.2, 0.25) is 5.75 Å². The Bertz CT molecular complexity index is 728. The first-order valence-electron chi connectivity index (χ1n) is 5.91. The first-order chi connectivity index (χ1) is 10.4. The Morgan fingerprint density at radius 3 is 2.32 bits per heavy atom. The Morgan fingerprint density at radius 1 is 1.14 bits per heavy atom. The van der Waals surface area contributed by atoms with E-state index in [0.717, 1.165) is 24.3 Å². The van der Waals surface area contributed by atoms with Crippen LogP contribution in [0.2, 0.25) is 0 Å². The van der Waals surface area contributed by atoms with Crippen molar-refractivity contribution in [1.29, 1.82) is 0 Å². The molecule has 0 aliphatic rings. The number of carbonyl (C=O) groups excluding carboxylic acids is 1. The number of halogens is 2. The predicted molar refractivity (Wildman–Crippen MR) is 71.0 cm³/mol. The monoisotopic (exact) mass is 309 g/mol. The number of nitro benzene ring substituents is 1. The third-order valence-electron chi connectivity index (χ3n) is 2.66. The van der Waals surface area contributed by atoms with Gasteiger partial charge in [-0.1, -0.05) is 0 Å². The number of rotatable bonds is 4. The molecule has 2 rings (SSSR count). The summed E-state index contributed by atoms with van der Waals surface area (Å²) in [5.74, 6) is -3.21. The highest BCUT2D eigenvalue weighted by Gasteiger charge is 2.20. The Hall–Kier alpha value is -3.03. The van der Waals surface area contributed by atoms with Crippen LogP contribution in [0.25, 0.3) is 0 Å². The highest BCUT2D eigenvalue weighted by molar-refractivity contribution is 5.91. The number of nitro groups is 1. The Balaban J connectivity index is 2.33. The second-order valence-corrected chi connectivity index (χ2v) is 4.14. The van der Waals surface area contributed by atoms with E-state index in [2.05, 4.69) is 0 Å². The molecule has 0 aliphatic heterocycles. The molecule has 0 saturated heterocycles. The molecule has 8 heteroatoms. The number of ether oxygens (including phenoxy) is 2. The number of benzene rings is 2. The molecule has 0 atom stereocenters. The van der Waals surface area contributed by atoms with E-state index in [9.17, 15) is 23.7 Å². The molecular weight excluding hydrogens is 300 g/mol. The van der Waals surface area contributed by atoms with Crippen molar-refractivity contribution in [2.45, 2.75) is 0 Å². The summed E-state index contributed by atoms with van der Waals surface area (Å²) >= 11 is 0. The fourth-order valence-electron chi connectivity index (χ4n) is 1.68. The molecule has 0 N–H and O–H groups in total. The maximum Gasteiger partial charge on any atom is 0.343 e. The molecular formula is C14H9F2NO5. The van der Waals surface area contributed by atoms with Crippen molar-refractivity contribution in [2.24, 2.45) is 0 Å². The van der Waals surface area contributed by atoms with Crippen LogP contribution in [0.4, 0.5) is 14.5 Å². The Kier molecular flexibility index (Phi) is 4.31. The molecule has 0 fully saturated rings. The summed E-state index contributed by atoms with van der Waals surface area (Å²) in [5, 5.41) is 11.0. The number of esters is 1. The highest BCUT2D eigenvalue weighted by Crippen LogP contribution is 2.31. The second kappa shape index (κ2) is 6.17. The summed E-state index contributed by atoms with van der Waals surface area (Å²) in [6.07, 6.45) is 0. The van der Waals surface area contributed by atoms with E-state index in [1.165, 1.54) is 13.2 Å². The molecule has 0 amide bonds. The molecule has 0 radical (unpaired) electrons. The quantitative estimate of drug-likeness (QED) is 0.375. The maximum absolute atomic E-state index is 13.1. The van der Waals surface area contributed by atoms with Crippen LogP contribution in [-0.2, 0) is 0 Å². The number of hydrogen-bond acceptors (Lipinski definition) is 5. The lowest BCUT2D eigenvalue weighted by molar-refractivity contribution is -0.385. The van der Waals surface area contributed by atoms with Crippen LogP contribution in [0, 0.1) is 21.7 Å². The van der Waals surface area contributed by atoms with Gasteiger partial charge >= 0.3 is 11.7 Å². The smallest absolute Gasteiger partial charge is 0.343 e. The van der Waals surface area contributed by atoms with Gasteiger partial charge in [0.05, 0.1) is 23.7 Å². The van der Waals surface area contributed by atoms with Gasteiger partial charge in [0, 0.05) is 6.07 Å². The zero-order valence-corrected chi connectivity index (χ0v) is 11.2. The van der Waals surface area contributed by atoms with Gasteiger partial charge in [0.1, 0.15) is 17.4 Å². The van der Waals surface area contributed by atoms with Crippen LogP contribution in [0.3, 0.4) is 0 Å². The van der Waals surface area contributed by atoms with Crippen LogP contribution < -0.4 is 9.47 Å². The normalized spacial score (nSPS) is 10.1. The summed E-state index contributed by atoms with van der Waals surface area (Å²) < 4.78 is 35.8. The van der Waals surface area contributed by atoms with E-state index in [0.29, 0.717) is 6.07 Å². The van der Waals surface area contributed by atoms with Crippen LogP contribution >= 0.6 is 0 Å². The van der Waals surface area contributed by atoms with Crippen LogP contribution in [-0.4, -0.2) is 18.0 Å². The van der Waals surface area contributed by atoms with Crippen molar-refractivity contribution in [2.75, 3.05) is 7.11 Å². The number of hydrogen-bond donors (Lipinski definition) is 0. The van der Waals surface area contributed by atoms with Crippen molar-refractivity contribution in [3.8, 4) is 11.5 Å². The average molecular weight is 309 g/mol. The van der Waals surface area contributed by atoms with Crippen molar-refractivity contribution in [3.05, 3.63) is 63.7 Å². The van der Waals surface area contributed by atoms with Crippen LogP contribution in [0.1, 0.15) is 10.4 Å². The summed E-state index contributed by atoms with van der Waals surface area (Å²) in [6.45, 7) is 0. The number of nitrogens with zero attached hydrogens (tertiary/aromatic N) is 1. The fourth-order valence-corrected chi connectivity index (χ4v) is 1.68. The van der Waals surface area contributed by atoms with Gasteiger partial charge in [-0.25, -0.2) is 13.6 Å². The van der Waals surface area contributed by atoms with E-state index in [1.54, 1.807) is 0 Å². The largest absolute Gasteiger partial charge is 0.496 e. The number of methoxy groups -OCH3 is 1.